The SMILES string of the molecule is CCCS(=O)(=O)N(Cc1ccc(OC)cc1F)c1ccc(N2CCN(C(=O)OCC)CC2)c(C#N)c1. The number of nitrogens with zero attached hydrogens (tertiary/aromatic N) is 4. The lowest BCUT2D eigenvalue weighted by Crippen LogP contribution is -2.49. The van der Waals surface area contributed by atoms with Crippen LogP contribution >= 0.6 is 0 Å². The molecule has 0 radical (unpaired) electrons. The van der Waals surface area contributed by atoms with Crippen molar-refractivity contribution in [1.82, 2.24) is 4.90 Å². The van der Waals surface area contributed by atoms with Gasteiger partial charge in [0.15, 0.2) is 0 Å². The Morgan fingerprint density at radius 1 is 1.14 bits per heavy atom. The first kappa shape index (κ1) is 27.1. The van der Waals surface area contributed by atoms with E-state index < -0.39 is 15.8 Å². The number of methoxy groups -OCH3 is 1. The van der Waals surface area contributed by atoms with Gasteiger partial charge in [0.2, 0.25) is 10.0 Å². The molecular weight excluding hydrogens is 487 g/mol. The van der Waals surface area contributed by atoms with Crippen LogP contribution in [0.2, 0.25) is 0 Å². The number of carbonyl (C=O) groups excluding carboxylic acids is 1. The van der Waals surface area contributed by atoms with Crippen molar-refractivity contribution in [2.75, 3.05) is 54.9 Å². The van der Waals surface area contributed by atoms with Crippen LogP contribution in [0.3, 0.4) is 0 Å². The molecule has 0 bridgehead atoms. The van der Waals surface area contributed by atoms with Gasteiger partial charge in [0, 0.05) is 37.8 Å². The molecule has 2 aromatic carbocycles. The topological polar surface area (TPSA) is 103 Å². The molecule has 0 aromatic heterocycles. The average Bonchev–Trinajstić information content (AvgIpc) is 2.87. The summed E-state index contributed by atoms with van der Waals surface area (Å²) < 4.78 is 52.2. The number of piperazine rings is 1. The van der Waals surface area contributed by atoms with E-state index in [0.717, 1.165) is 4.31 Å². The highest BCUT2D eigenvalue weighted by atomic mass is 32.2. The fraction of sp³-hybridized carbons (Fsp3) is 0.440. The van der Waals surface area contributed by atoms with E-state index in [9.17, 15) is 22.9 Å². The van der Waals surface area contributed by atoms with Gasteiger partial charge in [-0.25, -0.2) is 17.6 Å². The summed E-state index contributed by atoms with van der Waals surface area (Å²) in [5, 5.41) is 9.86. The summed E-state index contributed by atoms with van der Waals surface area (Å²) in [5.41, 5.74) is 1.41. The third-order valence-electron chi connectivity index (χ3n) is 5.91. The number of rotatable bonds is 9. The van der Waals surface area contributed by atoms with E-state index in [4.69, 9.17) is 9.47 Å². The standard InChI is InChI=1S/C25H31FN4O5S/c1-4-14-36(32,33)30(18-19-6-8-22(34-3)16-23(19)26)21-7-9-24(20(15-21)17-27)28-10-12-29(13-11-28)25(31)35-5-2/h6-9,15-16H,4-5,10-14,18H2,1-3H3. The molecule has 1 aliphatic heterocycles. The largest absolute Gasteiger partial charge is 0.497 e. The molecule has 2 aromatic rings. The van der Waals surface area contributed by atoms with Gasteiger partial charge < -0.3 is 19.3 Å². The molecule has 0 spiro atoms. The molecule has 0 saturated carbocycles. The Bertz CT molecular complexity index is 1220. The van der Waals surface area contributed by atoms with Gasteiger partial charge >= 0.3 is 6.09 Å². The molecule has 0 unspecified atom stereocenters. The Balaban J connectivity index is 1.90. The van der Waals surface area contributed by atoms with E-state index in [2.05, 4.69) is 6.07 Å². The summed E-state index contributed by atoms with van der Waals surface area (Å²) in [5.74, 6) is -0.370. The van der Waals surface area contributed by atoms with Crippen LogP contribution in [0.1, 0.15) is 31.4 Å². The highest BCUT2D eigenvalue weighted by molar-refractivity contribution is 7.92. The highest BCUT2D eigenvalue weighted by Crippen LogP contribution is 2.30. The molecule has 1 amide bonds. The van der Waals surface area contributed by atoms with Gasteiger partial charge in [0.1, 0.15) is 17.6 Å². The van der Waals surface area contributed by atoms with Crippen molar-refractivity contribution in [2.24, 2.45) is 0 Å². The van der Waals surface area contributed by atoms with Crippen LogP contribution in [-0.4, -0.2) is 65.1 Å². The zero-order valence-corrected chi connectivity index (χ0v) is 21.6. The van der Waals surface area contributed by atoms with E-state index in [1.165, 1.54) is 25.3 Å². The van der Waals surface area contributed by atoms with E-state index in [-0.39, 0.29) is 29.6 Å². The van der Waals surface area contributed by atoms with E-state index in [1.807, 2.05) is 4.90 Å². The Morgan fingerprint density at radius 3 is 2.44 bits per heavy atom. The average molecular weight is 519 g/mol. The number of anilines is 2. The maximum absolute atomic E-state index is 14.7. The second-order valence-corrected chi connectivity index (χ2v) is 10.3. The quantitative estimate of drug-likeness (QED) is 0.498. The smallest absolute Gasteiger partial charge is 0.409 e. The summed E-state index contributed by atoms with van der Waals surface area (Å²) >= 11 is 0. The zero-order chi connectivity index (χ0) is 26.3. The minimum atomic E-state index is -3.79. The highest BCUT2D eigenvalue weighted by Gasteiger charge is 2.27. The first-order chi connectivity index (χ1) is 17.2. The van der Waals surface area contributed by atoms with E-state index in [1.54, 1.807) is 36.9 Å². The fourth-order valence-corrected chi connectivity index (χ4v) is 5.55. The predicted octanol–water partition coefficient (Wildman–Crippen LogP) is 3.73. The summed E-state index contributed by atoms with van der Waals surface area (Å²) in [4.78, 5) is 15.6. The van der Waals surface area contributed by atoms with Gasteiger partial charge in [-0.05, 0) is 37.6 Å². The summed E-state index contributed by atoms with van der Waals surface area (Å²) in [7, 11) is -2.36. The maximum atomic E-state index is 14.7. The third-order valence-corrected chi connectivity index (χ3v) is 7.84. The van der Waals surface area contributed by atoms with Gasteiger partial charge in [-0.15, -0.1) is 0 Å². The Hall–Kier alpha value is -3.52. The first-order valence-corrected chi connectivity index (χ1v) is 13.4. The number of nitriles is 1. The van der Waals surface area contributed by atoms with Crippen molar-refractivity contribution >= 4 is 27.5 Å². The lowest BCUT2D eigenvalue weighted by atomic mass is 10.1. The summed E-state index contributed by atoms with van der Waals surface area (Å²) in [6.45, 7) is 5.48. The van der Waals surface area contributed by atoms with E-state index >= 15 is 0 Å². The molecule has 0 atom stereocenters. The molecule has 3 rings (SSSR count). The Morgan fingerprint density at radius 2 is 1.86 bits per heavy atom. The van der Waals surface area contributed by atoms with Crippen molar-refractivity contribution in [3.05, 3.63) is 53.3 Å². The third kappa shape index (κ3) is 6.18. The normalized spacial score (nSPS) is 13.8. The maximum Gasteiger partial charge on any atom is 0.409 e. The van der Waals surface area contributed by atoms with Gasteiger partial charge in [-0.3, -0.25) is 4.31 Å². The van der Waals surface area contributed by atoms with Crippen LogP contribution in [-0.2, 0) is 21.3 Å². The van der Waals surface area contributed by atoms with Crippen LogP contribution in [0.4, 0.5) is 20.6 Å². The Kier molecular flexibility index (Phi) is 8.98. The molecule has 0 aliphatic carbocycles. The number of sulfonamides is 1. The molecule has 1 fully saturated rings. The lowest BCUT2D eigenvalue weighted by molar-refractivity contribution is 0.105. The number of hydrogen-bond donors (Lipinski definition) is 0. The monoisotopic (exact) mass is 518 g/mol. The van der Waals surface area contributed by atoms with Crippen molar-refractivity contribution in [1.29, 1.82) is 5.26 Å². The van der Waals surface area contributed by atoms with Crippen molar-refractivity contribution in [3.63, 3.8) is 0 Å². The molecular formula is C25H31FN4O5S. The number of benzene rings is 2. The first-order valence-electron chi connectivity index (χ1n) is 11.8. The van der Waals surface area contributed by atoms with E-state index in [0.29, 0.717) is 56.2 Å². The van der Waals surface area contributed by atoms with Crippen molar-refractivity contribution in [2.45, 2.75) is 26.8 Å². The van der Waals surface area contributed by atoms with Crippen LogP contribution < -0.4 is 13.9 Å². The molecule has 1 aliphatic rings. The van der Waals surface area contributed by atoms with Gasteiger partial charge in [0.25, 0.3) is 0 Å². The van der Waals surface area contributed by atoms with Gasteiger partial charge in [-0.1, -0.05) is 13.0 Å². The van der Waals surface area contributed by atoms with Gasteiger partial charge in [0.05, 0.1) is 43.0 Å². The van der Waals surface area contributed by atoms with Crippen molar-refractivity contribution in [3.8, 4) is 11.8 Å². The molecule has 194 valence electrons. The Labute approximate surface area is 211 Å². The summed E-state index contributed by atoms with van der Waals surface area (Å²) in [6.07, 6.45) is 0.0215. The van der Waals surface area contributed by atoms with Crippen molar-refractivity contribution < 1.29 is 27.1 Å². The lowest BCUT2D eigenvalue weighted by Gasteiger charge is -2.36. The van der Waals surface area contributed by atoms with Crippen LogP contribution in [0.15, 0.2) is 36.4 Å². The number of halogens is 1. The minimum absolute atomic E-state index is 0.121. The number of amides is 1. The second-order valence-electron chi connectivity index (χ2n) is 8.27. The molecule has 0 N–H and O–H groups in total. The molecule has 1 heterocycles. The number of ether oxygens (including phenoxy) is 2. The van der Waals surface area contributed by atoms with Gasteiger partial charge in [-0.2, -0.15) is 5.26 Å². The molecule has 1 saturated heterocycles. The fourth-order valence-electron chi connectivity index (χ4n) is 4.05. The minimum Gasteiger partial charge on any atom is -0.497 e. The van der Waals surface area contributed by atoms with Crippen LogP contribution in [0.25, 0.3) is 0 Å². The second kappa shape index (κ2) is 11.9. The number of carbonyl (C=O) groups is 1. The molecule has 9 nitrogen and oxygen atoms in total. The summed E-state index contributed by atoms with van der Waals surface area (Å²) in [6, 6.07) is 11.3. The number of hydrogen-bond acceptors (Lipinski definition) is 7. The predicted molar refractivity (Wildman–Crippen MR) is 135 cm³/mol. The molecule has 36 heavy (non-hydrogen) atoms. The molecule has 11 heteroatoms. The van der Waals surface area contributed by atoms with Crippen LogP contribution in [0.5, 0.6) is 5.75 Å². The zero-order valence-electron chi connectivity index (χ0n) is 20.7. The van der Waals surface area contributed by atoms with Crippen LogP contribution in [0, 0.1) is 17.1 Å².